The highest BCUT2D eigenvalue weighted by Gasteiger charge is 2.16. The van der Waals surface area contributed by atoms with Crippen LogP contribution in [0, 0.1) is 0 Å². The molecule has 0 spiro atoms. The minimum Gasteiger partial charge on any atom is -0.461 e. The van der Waals surface area contributed by atoms with Gasteiger partial charge in [0, 0.05) is 19.7 Å². The Morgan fingerprint density at radius 3 is 2.71 bits per heavy atom. The molecule has 1 aromatic rings. The zero-order valence-corrected chi connectivity index (χ0v) is 12.5. The van der Waals surface area contributed by atoms with E-state index in [9.17, 15) is 0 Å². The van der Waals surface area contributed by atoms with E-state index in [0.29, 0.717) is 32.4 Å². The maximum absolute atomic E-state index is 5.70. The highest BCUT2D eigenvalue weighted by molar-refractivity contribution is 5.36. The van der Waals surface area contributed by atoms with Gasteiger partial charge in [0.15, 0.2) is 0 Å². The molecule has 0 saturated carbocycles. The van der Waals surface area contributed by atoms with E-state index in [1.54, 1.807) is 0 Å². The number of ether oxygens (including phenoxy) is 3. The Bertz CT molecular complexity index is 426. The van der Waals surface area contributed by atoms with Crippen LogP contribution in [0.3, 0.4) is 0 Å². The summed E-state index contributed by atoms with van der Waals surface area (Å²) in [6, 6.07) is 0.239. The summed E-state index contributed by atoms with van der Waals surface area (Å²) in [4.78, 5) is 14.4. The molecule has 1 aliphatic rings. The number of nitrogens with two attached hydrogens (primary N) is 1. The van der Waals surface area contributed by atoms with Crippen LogP contribution in [-0.4, -0.2) is 61.1 Å². The third kappa shape index (κ3) is 5.31. The van der Waals surface area contributed by atoms with E-state index >= 15 is 0 Å². The first kappa shape index (κ1) is 15.7. The summed E-state index contributed by atoms with van der Waals surface area (Å²) >= 11 is 0. The van der Waals surface area contributed by atoms with Crippen molar-refractivity contribution in [2.24, 2.45) is 0 Å². The molecule has 1 fully saturated rings. The lowest BCUT2D eigenvalue weighted by Crippen LogP contribution is -2.37. The number of rotatable bonds is 8. The molecular weight excluding hydrogens is 274 g/mol. The van der Waals surface area contributed by atoms with E-state index in [-0.39, 0.29) is 12.0 Å². The Balaban J connectivity index is 1.83. The van der Waals surface area contributed by atoms with Gasteiger partial charge in [-0.2, -0.15) is 15.0 Å². The summed E-state index contributed by atoms with van der Waals surface area (Å²) in [6.07, 6.45) is 2.17. The first-order valence-electron chi connectivity index (χ1n) is 7.34. The van der Waals surface area contributed by atoms with Crippen LogP contribution in [0.5, 0.6) is 6.01 Å². The molecular formula is C13H23N5O3. The van der Waals surface area contributed by atoms with Crippen LogP contribution in [-0.2, 0) is 9.47 Å². The maximum atomic E-state index is 5.70. The summed E-state index contributed by atoms with van der Waals surface area (Å²) in [5, 5.41) is 0. The van der Waals surface area contributed by atoms with Gasteiger partial charge in [0.2, 0.25) is 11.9 Å². The van der Waals surface area contributed by atoms with Crippen molar-refractivity contribution in [1.29, 1.82) is 0 Å². The van der Waals surface area contributed by atoms with Crippen molar-refractivity contribution in [1.82, 2.24) is 15.0 Å². The molecule has 1 saturated heterocycles. The molecule has 1 aromatic heterocycles. The highest BCUT2D eigenvalue weighted by Crippen LogP contribution is 2.14. The van der Waals surface area contributed by atoms with Crippen LogP contribution in [0.1, 0.15) is 19.8 Å². The molecule has 8 heteroatoms. The monoisotopic (exact) mass is 297 g/mol. The Kier molecular flexibility index (Phi) is 6.42. The predicted octanol–water partition coefficient (Wildman–Crippen LogP) is 0.486. The van der Waals surface area contributed by atoms with Gasteiger partial charge in [-0.15, -0.1) is 0 Å². The van der Waals surface area contributed by atoms with Crippen molar-refractivity contribution in [2.45, 2.75) is 19.8 Å². The minimum atomic E-state index is 0.161. The van der Waals surface area contributed by atoms with Gasteiger partial charge in [0.1, 0.15) is 6.61 Å². The van der Waals surface area contributed by atoms with Crippen molar-refractivity contribution < 1.29 is 14.2 Å². The lowest BCUT2D eigenvalue weighted by Gasteiger charge is -2.26. The van der Waals surface area contributed by atoms with Gasteiger partial charge in [-0.3, -0.25) is 0 Å². The van der Waals surface area contributed by atoms with Crippen molar-refractivity contribution >= 4 is 11.9 Å². The molecule has 0 amide bonds. The summed E-state index contributed by atoms with van der Waals surface area (Å²) in [5.41, 5.74) is 5.70. The second-order valence-corrected chi connectivity index (χ2v) is 4.69. The third-order valence-corrected chi connectivity index (χ3v) is 3.02. The highest BCUT2D eigenvalue weighted by atomic mass is 16.5. The molecule has 2 rings (SSSR count). The molecule has 0 radical (unpaired) electrons. The lowest BCUT2D eigenvalue weighted by molar-refractivity contribution is 0.0946. The molecule has 8 nitrogen and oxygen atoms in total. The largest absolute Gasteiger partial charge is 0.461 e. The van der Waals surface area contributed by atoms with Gasteiger partial charge in [-0.1, -0.05) is 13.3 Å². The van der Waals surface area contributed by atoms with Crippen molar-refractivity contribution in [2.75, 3.05) is 56.8 Å². The van der Waals surface area contributed by atoms with Crippen LogP contribution in [0.2, 0.25) is 0 Å². The van der Waals surface area contributed by atoms with Crippen molar-refractivity contribution in [3.8, 4) is 6.01 Å². The first-order chi connectivity index (χ1) is 10.3. The molecule has 0 bridgehead atoms. The van der Waals surface area contributed by atoms with Crippen LogP contribution in [0.25, 0.3) is 0 Å². The van der Waals surface area contributed by atoms with E-state index in [0.717, 1.165) is 32.5 Å². The normalized spacial score (nSPS) is 15.2. The topological polar surface area (TPSA) is 95.6 Å². The fourth-order valence-electron chi connectivity index (χ4n) is 1.87. The lowest BCUT2D eigenvalue weighted by atomic mass is 10.4. The second kappa shape index (κ2) is 8.58. The van der Waals surface area contributed by atoms with Gasteiger partial charge in [-0.05, 0) is 6.42 Å². The SMILES string of the molecule is CCCCOCCOc1nc(N)nc(N2CCOCC2)n1. The fourth-order valence-corrected chi connectivity index (χ4v) is 1.87. The number of hydrogen-bond donors (Lipinski definition) is 1. The average molecular weight is 297 g/mol. The first-order valence-corrected chi connectivity index (χ1v) is 7.34. The quantitative estimate of drug-likeness (QED) is 0.692. The van der Waals surface area contributed by atoms with Crippen LogP contribution in [0.15, 0.2) is 0 Å². The van der Waals surface area contributed by atoms with E-state index in [2.05, 4.69) is 21.9 Å². The van der Waals surface area contributed by atoms with Gasteiger partial charge in [-0.25, -0.2) is 0 Å². The molecule has 0 aliphatic carbocycles. The summed E-state index contributed by atoms with van der Waals surface area (Å²) in [7, 11) is 0. The standard InChI is InChI=1S/C13H23N5O3/c1-2-3-6-19-9-10-21-13-16-11(14)15-12(17-13)18-4-7-20-8-5-18/h2-10H2,1H3,(H2,14,15,16,17). The zero-order valence-electron chi connectivity index (χ0n) is 12.5. The van der Waals surface area contributed by atoms with Crippen LogP contribution in [0.4, 0.5) is 11.9 Å². The number of aromatic nitrogens is 3. The predicted molar refractivity (Wildman–Crippen MR) is 78.5 cm³/mol. The second-order valence-electron chi connectivity index (χ2n) is 4.69. The summed E-state index contributed by atoms with van der Waals surface area (Å²) in [6.45, 7) is 6.58. The molecule has 0 aromatic carbocycles. The van der Waals surface area contributed by atoms with Crippen molar-refractivity contribution in [3.05, 3.63) is 0 Å². The number of nitrogen functional groups attached to an aromatic ring is 1. The Morgan fingerprint density at radius 1 is 1.14 bits per heavy atom. The molecule has 1 aliphatic heterocycles. The van der Waals surface area contributed by atoms with Gasteiger partial charge in [0.05, 0.1) is 19.8 Å². The van der Waals surface area contributed by atoms with Gasteiger partial charge >= 0.3 is 6.01 Å². The molecule has 118 valence electrons. The minimum absolute atomic E-state index is 0.161. The molecule has 2 N–H and O–H groups in total. The van der Waals surface area contributed by atoms with E-state index in [1.807, 2.05) is 4.90 Å². The Hall–Kier alpha value is -1.67. The number of anilines is 2. The van der Waals surface area contributed by atoms with Crippen LogP contribution >= 0.6 is 0 Å². The van der Waals surface area contributed by atoms with Crippen LogP contribution < -0.4 is 15.4 Å². The Labute approximate surface area is 124 Å². The number of unbranched alkanes of at least 4 members (excludes halogenated alkanes) is 1. The number of nitrogens with zero attached hydrogens (tertiary/aromatic N) is 4. The molecule has 21 heavy (non-hydrogen) atoms. The summed E-state index contributed by atoms with van der Waals surface area (Å²) in [5.74, 6) is 0.695. The zero-order chi connectivity index (χ0) is 14.9. The van der Waals surface area contributed by atoms with Crippen molar-refractivity contribution in [3.63, 3.8) is 0 Å². The van der Waals surface area contributed by atoms with Gasteiger partial charge in [0.25, 0.3) is 0 Å². The smallest absolute Gasteiger partial charge is 0.323 e. The van der Waals surface area contributed by atoms with Gasteiger partial charge < -0.3 is 24.8 Å². The molecule has 2 heterocycles. The van der Waals surface area contributed by atoms with E-state index < -0.39 is 0 Å². The Morgan fingerprint density at radius 2 is 1.95 bits per heavy atom. The average Bonchev–Trinajstić information content (AvgIpc) is 2.51. The third-order valence-electron chi connectivity index (χ3n) is 3.02. The maximum Gasteiger partial charge on any atom is 0.323 e. The number of hydrogen-bond acceptors (Lipinski definition) is 8. The van der Waals surface area contributed by atoms with E-state index in [4.69, 9.17) is 19.9 Å². The fraction of sp³-hybridized carbons (Fsp3) is 0.769. The summed E-state index contributed by atoms with van der Waals surface area (Å²) < 4.78 is 16.2. The molecule has 0 atom stereocenters. The van der Waals surface area contributed by atoms with E-state index in [1.165, 1.54) is 0 Å². The number of morpholine rings is 1. The molecule has 0 unspecified atom stereocenters.